The molecule has 2 atom stereocenters. The number of anilines is 1. The van der Waals surface area contributed by atoms with Gasteiger partial charge in [-0.1, -0.05) is 68.4 Å². The van der Waals surface area contributed by atoms with E-state index in [4.69, 9.17) is 0 Å². The molecule has 7 heteroatoms. The molecule has 1 aromatic heterocycles. The van der Waals surface area contributed by atoms with E-state index in [1.165, 1.54) is 16.9 Å². The summed E-state index contributed by atoms with van der Waals surface area (Å²) >= 11 is 1.32. The van der Waals surface area contributed by atoms with Gasteiger partial charge in [-0.3, -0.25) is 14.9 Å². The summed E-state index contributed by atoms with van der Waals surface area (Å²) in [6.45, 7) is 7.91. The van der Waals surface area contributed by atoms with E-state index in [1.807, 2.05) is 52.0 Å². The molecule has 6 nitrogen and oxygen atoms in total. The Labute approximate surface area is 158 Å². The number of carbonyl (C=O) groups excluding carboxylic acids is 2. The van der Waals surface area contributed by atoms with Crippen LogP contribution < -0.4 is 10.6 Å². The van der Waals surface area contributed by atoms with Crippen LogP contribution in [0, 0.1) is 12.8 Å². The molecule has 0 unspecified atom stereocenters. The summed E-state index contributed by atoms with van der Waals surface area (Å²) < 4.78 is 0. The minimum Gasteiger partial charge on any atom is -0.344 e. The molecule has 0 bridgehead atoms. The second-order valence-electron chi connectivity index (χ2n) is 6.45. The van der Waals surface area contributed by atoms with Crippen LogP contribution in [0.25, 0.3) is 10.6 Å². The Balaban J connectivity index is 2.08. The van der Waals surface area contributed by atoms with E-state index in [0.717, 1.165) is 23.4 Å². The molecule has 0 aliphatic heterocycles. The van der Waals surface area contributed by atoms with E-state index in [0.29, 0.717) is 11.6 Å². The fourth-order valence-corrected chi connectivity index (χ4v) is 3.20. The average Bonchev–Trinajstić information content (AvgIpc) is 3.08. The molecule has 1 aromatic carbocycles. The Morgan fingerprint density at radius 1 is 1.15 bits per heavy atom. The monoisotopic (exact) mass is 374 g/mol. The molecule has 26 heavy (non-hydrogen) atoms. The Bertz CT molecular complexity index is 742. The maximum absolute atomic E-state index is 12.7. The van der Waals surface area contributed by atoms with Crippen LogP contribution in [-0.4, -0.2) is 28.1 Å². The Morgan fingerprint density at radius 2 is 1.85 bits per heavy atom. The van der Waals surface area contributed by atoms with E-state index in [2.05, 4.69) is 20.8 Å². The first kappa shape index (κ1) is 20.0. The van der Waals surface area contributed by atoms with E-state index in [-0.39, 0.29) is 17.7 Å². The fourth-order valence-electron chi connectivity index (χ4n) is 2.44. The van der Waals surface area contributed by atoms with Crippen LogP contribution in [0.15, 0.2) is 24.3 Å². The molecule has 0 radical (unpaired) electrons. The smallest absolute Gasteiger partial charge is 0.249 e. The largest absolute Gasteiger partial charge is 0.344 e. The van der Waals surface area contributed by atoms with Gasteiger partial charge in [-0.15, -0.1) is 10.2 Å². The second-order valence-corrected chi connectivity index (χ2v) is 7.43. The summed E-state index contributed by atoms with van der Waals surface area (Å²) in [5, 5.41) is 15.0. The van der Waals surface area contributed by atoms with E-state index in [9.17, 15) is 9.59 Å². The van der Waals surface area contributed by atoms with Crippen molar-refractivity contribution in [1.82, 2.24) is 15.5 Å². The molecule has 2 N–H and O–H groups in total. The van der Waals surface area contributed by atoms with E-state index < -0.39 is 6.04 Å². The summed E-state index contributed by atoms with van der Waals surface area (Å²) in [6.07, 6.45) is 1.95. The highest BCUT2D eigenvalue weighted by molar-refractivity contribution is 7.18. The van der Waals surface area contributed by atoms with Gasteiger partial charge in [0.15, 0.2) is 0 Å². The van der Waals surface area contributed by atoms with Gasteiger partial charge in [-0.05, 0) is 19.3 Å². The number of carbonyl (C=O) groups is 2. The van der Waals surface area contributed by atoms with Gasteiger partial charge in [-0.25, -0.2) is 0 Å². The van der Waals surface area contributed by atoms with Crippen LogP contribution in [0.4, 0.5) is 5.13 Å². The van der Waals surface area contributed by atoms with Crippen LogP contribution in [-0.2, 0) is 9.59 Å². The van der Waals surface area contributed by atoms with Gasteiger partial charge < -0.3 is 5.32 Å². The third kappa shape index (κ3) is 5.36. The average molecular weight is 375 g/mol. The number of hydrogen-bond acceptors (Lipinski definition) is 5. The number of amides is 2. The van der Waals surface area contributed by atoms with Gasteiger partial charge in [-0.2, -0.15) is 0 Å². The summed E-state index contributed by atoms with van der Waals surface area (Å²) in [4.78, 5) is 24.6. The summed E-state index contributed by atoms with van der Waals surface area (Å²) in [5.74, 6) is -0.332. The minimum absolute atomic E-state index is 0.0281. The number of aromatic nitrogens is 2. The minimum atomic E-state index is -0.578. The lowest BCUT2D eigenvalue weighted by Gasteiger charge is -2.22. The van der Waals surface area contributed by atoms with Crippen molar-refractivity contribution in [3.8, 4) is 10.6 Å². The number of nitrogens with zero attached hydrogens (tertiary/aromatic N) is 2. The molecular weight excluding hydrogens is 348 g/mol. The lowest BCUT2D eigenvalue weighted by atomic mass is 9.98. The number of nitrogens with one attached hydrogen (secondary N) is 2. The molecule has 2 amide bonds. The van der Waals surface area contributed by atoms with Crippen LogP contribution >= 0.6 is 11.3 Å². The van der Waals surface area contributed by atoms with Crippen molar-refractivity contribution in [2.45, 2.75) is 53.0 Å². The predicted molar refractivity (Wildman–Crippen MR) is 105 cm³/mol. The first-order chi connectivity index (χ1) is 12.4. The SMILES string of the molecule is CCCC(=O)N[C@H](C(=O)Nc1nnc(-c2ccc(C)cc2)s1)[C@@H](C)CC. The lowest BCUT2D eigenvalue weighted by Crippen LogP contribution is -2.47. The molecule has 0 aliphatic rings. The highest BCUT2D eigenvalue weighted by Gasteiger charge is 2.26. The van der Waals surface area contributed by atoms with Crippen molar-refractivity contribution in [3.05, 3.63) is 29.8 Å². The van der Waals surface area contributed by atoms with Crippen molar-refractivity contribution >= 4 is 28.3 Å². The van der Waals surface area contributed by atoms with Gasteiger partial charge in [0, 0.05) is 12.0 Å². The second kappa shape index (κ2) is 9.43. The van der Waals surface area contributed by atoms with Crippen molar-refractivity contribution in [2.75, 3.05) is 5.32 Å². The molecule has 2 rings (SSSR count). The van der Waals surface area contributed by atoms with Crippen molar-refractivity contribution in [3.63, 3.8) is 0 Å². The van der Waals surface area contributed by atoms with Crippen LogP contribution in [0.1, 0.15) is 45.6 Å². The summed E-state index contributed by atoms with van der Waals surface area (Å²) in [7, 11) is 0. The van der Waals surface area contributed by atoms with Gasteiger partial charge in [0.25, 0.3) is 0 Å². The molecule has 2 aromatic rings. The Hall–Kier alpha value is -2.28. The molecule has 0 spiro atoms. The number of rotatable bonds is 8. The van der Waals surface area contributed by atoms with Crippen molar-refractivity contribution in [2.24, 2.45) is 5.92 Å². The highest BCUT2D eigenvalue weighted by Crippen LogP contribution is 2.26. The van der Waals surface area contributed by atoms with Gasteiger partial charge in [0.1, 0.15) is 11.0 Å². The molecule has 0 aliphatic carbocycles. The fraction of sp³-hybridized carbons (Fsp3) is 0.474. The highest BCUT2D eigenvalue weighted by atomic mass is 32.1. The molecule has 1 heterocycles. The number of aryl methyl sites for hydroxylation is 1. The quantitative estimate of drug-likeness (QED) is 0.736. The third-order valence-electron chi connectivity index (χ3n) is 4.24. The normalized spacial score (nSPS) is 13.1. The van der Waals surface area contributed by atoms with Gasteiger partial charge >= 0.3 is 0 Å². The molecule has 0 saturated carbocycles. The van der Waals surface area contributed by atoms with E-state index >= 15 is 0 Å². The summed E-state index contributed by atoms with van der Waals surface area (Å²) in [5.41, 5.74) is 2.13. The zero-order valence-electron chi connectivity index (χ0n) is 15.7. The van der Waals surface area contributed by atoms with Gasteiger partial charge in [0.2, 0.25) is 16.9 Å². The first-order valence-electron chi connectivity index (χ1n) is 8.95. The maximum Gasteiger partial charge on any atom is 0.249 e. The molecular formula is C19H26N4O2S. The Kier molecular flexibility index (Phi) is 7.26. The van der Waals surface area contributed by atoms with Gasteiger partial charge in [0.05, 0.1) is 0 Å². The number of hydrogen-bond donors (Lipinski definition) is 2. The van der Waals surface area contributed by atoms with Crippen LogP contribution in [0.3, 0.4) is 0 Å². The molecule has 0 saturated heterocycles. The zero-order chi connectivity index (χ0) is 19.1. The van der Waals surface area contributed by atoms with Crippen molar-refractivity contribution in [1.29, 1.82) is 0 Å². The van der Waals surface area contributed by atoms with E-state index in [1.54, 1.807) is 0 Å². The molecule has 0 fully saturated rings. The third-order valence-corrected chi connectivity index (χ3v) is 5.13. The number of benzene rings is 1. The van der Waals surface area contributed by atoms with Crippen LogP contribution in [0.2, 0.25) is 0 Å². The maximum atomic E-state index is 12.7. The molecule has 140 valence electrons. The summed E-state index contributed by atoms with van der Waals surface area (Å²) in [6, 6.07) is 7.41. The topological polar surface area (TPSA) is 84.0 Å². The zero-order valence-corrected chi connectivity index (χ0v) is 16.5. The first-order valence-corrected chi connectivity index (χ1v) is 9.77. The van der Waals surface area contributed by atoms with Crippen LogP contribution in [0.5, 0.6) is 0 Å². The standard InChI is InChI=1S/C19H26N4O2S/c1-5-7-15(24)20-16(13(4)6-2)17(25)21-19-23-22-18(26-19)14-10-8-12(3)9-11-14/h8-11,13,16H,5-7H2,1-4H3,(H,20,24)(H,21,23,25)/t13-,16-/m0/s1. The Morgan fingerprint density at radius 3 is 2.46 bits per heavy atom. The lowest BCUT2D eigenvalue weighted by molar-refractivity contribution is -0.127. The predicted octanol–water partition coefficient (Wildman–Crippen LogP) is 3.78. The van der Waals surface area contributed by atoms with Crippen molar-refractivity contribution < 1.29 is 9.59 Å².